The fourth-order valence-corrected chi connectivity index (χ4v) is 4.04. The highest BCUT2D eigenvalue weighted by atomic mass is 15.0. The van der Waals surface area contributed by atoms with Gasteiger partial charge in [-0.3, -0.25) is 0 Å². The van der Waals surface area contributed by atoms with Crippen molar-refractivity contribution in [2.24, 2.45) is 5.41 Å². The van der Waals surface area contributed by atoms with Crippen LogP contribution in [0.4, 0.5) is 0 Å². The molecule has 1 aromatic rings. The van der Waals surface area contributed by atoms with Crippen molar-refractivity contribution in [3.8, 4) is 0 Å². The van der Waals surface area contributed by atoms with Crippen molar-refractivity contribution in [2.45, 2.75) is 65.3 Å². The molecule has 2 atom stereocenters. The first-order valence-corrected chi connectivity index (χ1v) is 7.98. The average molecular weight is 259 g/mol. The van der Waals surface area contributed by atoms with Gasteiger partial charge in [0.05, 0.1) is 0 Å². The Morgan fingerprint density at radius 2 is 1.84 bits per heavy atom. The molecule has 2 unspecified atom stereocenters. The van der Waals surface area contributed by atoms with Crippen LogP contribution in [0.1, 0.15) is 63.5 Å². The molecule has 0 saturated heterocycles. The van der Waals surface area contributed by atoms with Crippen molar-refractivity contribution in [3.05, 3.63) is 35.4 Å². The van der Waals surface area contributed by atoms with E-state index in [9.17, 15) is 0 Å². The van der Waals surface area contributed by atoms with E-state index in [1.54, 1.807) is 5.56 Å². The summed E-state index contributed by atoms with van der Waals surface area (Å²) in [5, 5.41) is 3.78. The lowest BCUT2D eigenvalue weighted by molar-refractivity contribution is 0.0198. The Morgan fingerprint density at radius 3 is 2.42 bits per heavy atom. The lowest BCUT2D eigenvalue weighted by Crippen LogP contribution is -2.58. The Bertz CT molecular complexity index is 406. The molecule has 19 heavy (non-hydrogen) atoms. The Morgan fingerprint density at radius 1 is 1.16 bits per heavy atom. The zero-order valence-corrected chi connectivity index (χ0v) is 13.0. The quantitative estimate of drug-likeness (QED) is 0.783. The summed E-state index contributed by atoms with van der Waals surface area (Å²) in [5.74, 6) is 0.748. The summed E-state index contributed by atoms with van der Waals surface area (Å²) in [6.07, 6.45) is 5.11. The summed E-state index contributed by atoms with van der Waals surface area (Å²) >= 11 is 0. The van der Waals surface area contributed by atoms with Gasteiger partial charge in [-0.2, -0.15) is 0 Å². The number of hydrogen-bond acceptors (Lipinski definition) is 1. The number of hydrogen-bond donors (Lipinski definition) is 1. The molecule has 0 spiro atoms. The van der Waals surface area contributed by atoms with Crippen LogP contribution in [0.5, 0.6) is 0 Å². The van der Waals surface area contributed by atoms with Crippen LogP contribution >= 0.6 is 0 Å². The van der Waals surface area contributed by atoms with Gasteiger partial charge in [-0.1, -0.05) is 45.0 Å². The molecule has 1 fully saturated rings. The standard InChI is InChI=1S/C18H29N/c1-5-12-19-17-13-16(18(17,6-2)7-3)15-11-9-8-10-14(15)4/h8-11,16-17,19H,5-7,12-13H2,1-4H3. The van der Waals surface area contributed by atoms with Crippen LogP contribution in [0.25, 0.3) is 0 Å². The molecule has 0 aliphatic heterocycles. The van der Waals surface area contributed by atoms with Crippen molar-refractivity contribution >= 4 is 0 Å². The molecule has 106 valence electrons. The average Bonchev–Trinajstić information content (AvgIpc) is 2.41. The molecular formula is C18H29N. The first-order chi connectivity index (χ1) is 9.19. The highest BCUT2D eigenvalue weighted by molar-refractivity contribution is 5.34. The van der Waals surface area contributed by atoms with Crippen molar-refractivity contribution in [3.63, 3.8) is 0 Å². The van der Waals surface area contributed by atoms with Gasteiger partial charge in [0, 0.05) is 6.04 Å². The first-order valence-electron chi connectivity index (χ1n) is 7.98. The van der Waals surface area contributed by atoms with Gasteiger partial charge in [-0.25, -0.2) is 0 Å². The second-order valence-electron chi connectivity index (χ2n) is 6.09. The highest BCUT2D eigenvalue weighted by Gasteiger charge is 2.52. The van der Waals surface area contributed by atoms with Gasteiger partial charge >= 0.3 is 0 Å². The van der Waals surface area contributed by atoms with Crippen LogP contribution in [-0.2, 0) is 0 Å². The molecule has 0 aromatic heterocycles. The maximum atomic E-state index is 3.78. The monoisotopic (exact) mass is 259 g/mol. The lowest BCUT2D eigenvalue weighted by atomic mass is 9.51. The SMILES string of the molecule is CCCNC1CC(c2ccccc2C)C1(CC)CC. The van der Waals surface area contributed by atoms with Crippen molar-refractivity contribution in [2.75, 3.05) is 6.54 Å². The maximum Gasteiger partial charge on any atom is 0.0135 e. The van der Waals surface area contributed by atoms with Crippen LogP contribution in [0.15, 0.2) is 24.3 Å². The molecule has 0 heterocycles. The normalized spacial score (nSPS) is 25.1. The Labute approximate surface area is 118 Å². The molecule has 1 aromatic carbocycles. The van der Waals surface area contributed by atoms with E-state index in [1.165, 1.54) is 31.2 Å². The molecule has 1 nitrogen and oxygen atoms in total. The van der Waals surface area contributed by atoms with Crippen LogP contribution in [-0.4, -0.2) is 12.6 Å². The smallest absolute Gasteiger partial charge is 0.0135 e. The van der Waals surface area contributed by atoms with Crippen molar-refractivity contribution in [1.82, 2.24) is 5.32 Å². The van der Waals surface area contributed by atoms with Crippen LogP contribution in [0.3, 0.4) is 0 Å². The molecule has 1 aliphatic rings. The largest absolute Gasteiger partial charge is 0.313 e. The summed E-state index contributed by atoms with van der Waals surface area (Å²) in [7, 11) is 0. The second kappa shape index (κ2) is 6.09. The topological polar surface area (TPSA) is 12.0 Å². The van der Waals surface area contributed by atoms with Crippen LogP contribution in [0, 0.1) is 12.3 Å². The van der Waals surface area contributed by atoms with E-state index in [0.29, 0.717) is 11.5 Å². The van der Waals surface area contributed by atoms with Crippen molar-refractivity contribution in [1.29, 1.82) is 0 Å². The predicted molar refractivity (Wildman–Crippen MR) is 83.6 cm³/mol. The van der Waals surface area contributed by atoms with Gasteiger partial charge in [0.1, 0.15) is 0 Å². The highest BCUT2D eigenvalue weighted by Crippen LogP contribution is 2.57. The lowest BCUT2D eigenvalue weighted by Gasteiger charge is -2.57. The third-order valence-electron chi connectivity index (χ3n) is 5.38. The van der Waals surface area contributed by atoms with Gasteiger partial charge in [-0.15, -0.1) is 0 Å². The van der Waals surface area contributed by atoms with Crippen molar-refractivity contribution < 1.29 is 0 Å². The molecular weight excluding hydrogens is 230 g/mol. The molecule has 1 aliphatic carbocycles. The molecule has 0 radical (unpaired) electrons. The number of benzene rings is 1. The van der Waals surface area contributed by atoms with Gasteiger partial charge in [0.15, 0.2) is 0 Å². The Kier molecular flexibility index (Phi) is 4.67. The van der Waals surface area contributed by atoms with E-state index < -0.39 is 0 Å². The molecule has 0 bridgehead atoms. The summed E-state index contributed by atoms with van der Waals surface area (Å²) in [5.41, 5.74) is 3.52. The van der Waals surface area contributed by atoms with E-state index in [2.05, 4.69) is 57.3 Å². The zero-order chi connectivity index (χ0) is 13.9. The zero-order valence-electron chi connectivity index (χ0n) is 13.0. The summed E-state index contributed by atoms with van der Waals surface area (Å²) in [6, 6.07) is 9.68. The third kappa shape index (κ3) is 2.45. The maximum absolute atomic E-state index is 3.78. The Hall–Kier alpha value is -0.820. The summed E-state index contributed by atoms with van der Waals surface area (Å²) in [6.45, 7) is 10.4. The number of rotatable bonds is 6. The molecule has 2 rings (SSSR count). The summed E-state index contributed by atoms with van der Waals surface area (Å²) < 4.78 is 0. The van der Waals surface area contributed by atoms with Gasteiger partial charge in [0.25, 0.3) is 0 Å². The fourth-order valence-electron chi connectivity index (χ4n) is 4.04. The van der Waals surface area contributed by atoms with Gasteiger partial charge in [-0.05, 0) is 61.6 Å². The van der Waals surface area contributed by atoms with Gasteiger partial charge < -0.3 is 5.32 Å². The molecule has 0 amide bonds. The minimum Gasteiger partial charge on any atom is -0.313 e. The molecule has 1 heteroatoms. The van der Waals surface area contributed by atoms with E-state index in [-0.39, 0.29) is 0 Å². The Balaban J connectivity index is 2.21. The minimum atomic E-state index is 0.473. The van der Waals surface area contributed by atoms with E-state index >= 15 is 0 Å². The van der Waals surface area contributed by atoms with E-state index in [0.717, 1.165) is 12.5 Å². The fraction of sp³-hybridized carbons (Fsp3) is 0.667. The van der Waals surface area contributed by atoms with Gasteiger partial charge in [0.2, 0.25) is 0 Å². The van der Waals surface area contributed by atoms with E-state index in [4.69, 9.17) is 0 Å². The second-order valence-corrected chi connectivity index (χ2v) is 6.09. The number of aryl methyl sites for hydroxylation is 1. The van der Waals surface area contributed by atoms with Crippen LogP contribution in [0.2, 0.25) is 0 Å². The number of nitrogens with one attached hydrogen (secondary N) is 1. The molecule has 1 N–H and O–H groups in total. The predicted octanol–water partition coefficient (Wildman–Crippen LogP) is 4.66. The molecule has 1 saturated carbocycles. The summed E-state index contributed by atoms with van der Waals surface area (Å²) in [4.78, 5) is 0. The van der Waals surface area contributed by atoms with Crippen LogP contribution < -0.4 is 5.32 Å². The third-order valence-corrected chi connectivity index (χ3v) is 5.38. The minimum absolute atomic E-state index is 0.473. The first kappa shape index (κ1) is 14.6. The van der Waals surface area contributed by atoms with E-state index in [1.807, 2.05) is 0 Å².